The smallest absolute Gasteiger partial charge is 0.373 e. The molecule has 2 unspecified atom stereocenters. The molecule has 2 atom stereocenters. The third-order valence-electron chi connectivity index (χ3n) is 0.962. The second-order valence-corrected chi connectivity index (χ2v) is 1.71. The third kappa shape index (κ3) is 2.43. The molecule has 8 heteroatoms. The molecule has 0 aliphatic carbocycles. The molecule has 0 saturated heterocycles. The summed E-state index contributed by atoms with van der Waals surface area (Å²) in [5.74, 6) is -3.29. The molecular weight excluding hydrogens is 176 g/mol. The fraction of sp³-hybridized carbons (Fsp3) is 0.500. The zero-order valence-corrected chi connectivity index (χ0v) is 5.58. The van der Waals surface area contributed by atoms with Gasteiger partial charge in [0.1, 0.15) is 0 Å². The van der Waals surface area contributed by atoms with Crippen molar-refractivity contribution >= 4 is 11.9 Å². The minimum absolute atomic E-state index is 1.65. The van der Waals surface area contributed by atoms with Gasteiger partial charge in [0.05, 0.1) is 0 Å². The maximum Gasteiger partial charge on any atom is 0.373 e. The van der Waals surface area contributed by atoms with E-state index in [9.17, 15) is 9.59 Å². The van der Waals surface area contributed by atoms with Gasteiger partial charge in [0.15, 0.2) is 12.2 Å². The fourth-order valence-electron chi connectivity index (χ4n) is 0.366. The number of aliphatic hydroxyl groups excluding tert-OH is 2. The van der Waals surface area contributed by atoms with E-state index in [1.54, 1.807) is 0 Å². The second kappa shape index (κ2) is 4.62. The van der Waals surface area contributed by atoms with Gasteiger partial charge >= 0.3 is 11.9 Å². The predicted octanol–water partition coefficient (Wildman–Crippen LogP) is -2.26. The molecule has 0 spiro atoms. The quantitative estimate of drug-likeness (QED) is 0.284. The van der Waals surface area contributed by atoms with E-state index in [4.69, 9.17) is 20.7 Å². The Bertz CT molecular complexity index is 156. The van der Waals surface area contributed by atoms with Crippen LogP contribution in [-0.4, -0.2) is 44.9 Å². The number of hydrogen-bond donors (Lipinski definition) is 4. The summed E-state index contributed by atoms with van der Waals surface area (Å²) in [6.45, 7) is 0. The van der Waals surface area contributed by atoms with E-state index in [1.807, 2.05) is 0 Å². The highest BCUT2D eigenvalue weighted by atomic mass is 17.1. The molecule has 0 fully saturated rings. The zero-order valence-electron chi connectivity index (χ0n) is 5.58. The van der Waals surface area contributed by atoms with E-state index in [-0.39, 0.29) is 0 Å². The lowest BCUT2D eigenvalue weighted by Gasteiger charge is -2.10. The standard InChI is InChI=1S/C4H6O8/c5-1(3(7)11-9)2(6)4(8)12-10/h1-2,5-6,9-10H. The molecular formula is C4H6O8. The van der Waals surface area contributed by atoms with Crippen molar-refractivity contribution in [2.24, 2.45) is 0 Å². The molecule has 0 saturated carbocycles. The Morgan fingerprint density at radius 3 is 1.33 bits per heavy atom. The van der Waals surface area contributed by atoms with Gasteiger partial charge in [-0.3, -0.25) is 9.78 Å². The molecule has 0 aromatic heterocycles. The van der Waals surface area contributed by atoms with Crippen molar-refractivity contribution in [1.82, 2.24) is 0 Å². The number of aliphatic hydroxyl groups is 2. The van der Waals surface area contributed by atoms with Gasteiger partial charge in [0, 0.05) is 0 Å². The maximum absolute atomic E-state index is 10.2. The first-order valence-corrected chi connectivity index (χ1v) is 2.61. The highest BCUT2D eigenvalue weighted by Gasteiger charge is 2.33. The van der Waals surface area contributed by atoms with Crippen LogP contribution in [0.4, 0.5) is 0 Å². The predicted molar refractivity (Wildman–Crippen MR) is 29.5 cm³/mol. The van der Waals surface area contributed by atoms with Crippen molar-refractivity contribution in [3.63, 3.8) is 0 Å². The van der Waals surface area contributed by atoms with Crippen molar-refractivity contribution in [1.29, 1.82) is 0 Å². The van der Waals surface area contributed by atoms with Crippen LogP contribution in [0.25, 0.3) is 0 Å². The van der Waals surface area contributed by atoms with E-state index in [1.165, 1.54) is 0 Å². The molecule has 0 aromatic rings. The average molecular weight is 182 g/mol. The molecule has 0 aliphatic rings. The van der Waals surface area contributed by atoms with E-state index in [0.717, 1.165) is 0 Å². The van der Waals surface area contributed by atoms with Crippen molar-refractivity contribution in [3.8, 4) is 0 Å². The molecule has 12 heavy (non-hydrogen) atoms. The number of carbonyl (C=O) groups excluding carboxylic acids is 2. The van der Waals surface area contributed by atoms with E-state index >= 15 is 0 Å². The Balaban J connectivity index is 4.18. The highest BCUT2D eigenvalue weighted by Crippen LogP contribution is 1.97. The summed E-state index contributed by atoms with van der Waals surface area (Å²) in [5.41, 5.74) is 0. The summed E-state index contributed by atoms with van der Waals surface area (Å²) < 4.78 is 0. The van der Waals surface area contributed by atoms with E-state index in [2.05, 4.69) is 9.78 Å². The Kier molecular flexibility index (Phi) is 4.15. The van der Waals surface area contributed by atoms with Gasteiger partial charge in [0.2, 0.25) is 0 Å². The molecule has 4 N–H and O–H groups in total. The minimum atomic E-state index is -2.31. The highest BCUT2D eigenvalue weighted by molar-refractivity contribution is 5.84. The van der Waals surface area contributed by atoms with Crippen molar-refractivity contribution in [3.05, 3.63) is 0 Å². The molecule has 0 bridgehead atoms. The molecule has 0 radical (unpaired) electrons. The number of rotatable bonds is 3. The first-order valence-electron chi connectivity index (χ1n) is 2.61. The number of hydrogen-bond acceptors (Lipinski definition) is 8. The summed E-state index contributed by atoms with van der Waals surface area (Å²) in [6.07, 6.45) is -4.62. The van der Waals surface area contributed by atoms with E-state index < -0.39 is 24.1 Å². The summed E-state index contributed by atoms with van der Waals surface area (Å²) >= 11 is 0. The van der Waals surface area contributed by atoms with Gasteiger partial charge in [0.25, 0.3) is 0 Å². The average Bonchev–Trinajstić information content (AvgIpc) is 2.12. The van der Waals surface area contributed by atoms with Crippen LogP contribution in [0.15, 0.2) is 0 Å². The maximum atomic E-state index is 10.2. The first-order chi connectivity index (χ1) is 5.54. The molecule has 70 valence electrons. The second-order valence-electron chi connectivity index (χ2n) is 1.71. The molecule has 0 aliphatic heterocycles. The Hall–Kier alpha value is -1.22. The fourth-order valence-corrected chi connectivity index (χ4v) is 0.366. The lowest BCUT2D eigenvalue weighted by Crippen LogP contribution is -2.41. The van der Waals surface area contributed by atoms with Gasteiger partial charge < -0.3 is 10.2 Å². The zero-order chi connectivity index (χ0) is 9.72. The van der Waals surface area contributed by atoms with Gasteiger partial charge in [-0.05, 0) is 0 Å². The monoisotopic (exact) mass is 182 g/mol. The van der Waals surface area contributed by atoms with Gasteiger partial charge in [-0.25, -0.2) is 9.59 Å². The summed E-state index contributed by atoms with van der Waals surface area (Å²) in [7, 11) is 0. The first kappa shape index (κ1) is 10.8. The van der Waals surface area contributed by atoms with Crippen molar-refractivity contribution in [2.45, 2.75) is 12.2 Å². The van der Waals surface area contributed by atoms with Crippen LogP contribution in [0.2, 0.25) is 0 Å². The van der Waals surface area contributed by atoms with Crippen molar-refractivity contribution in [2.75, 3.05) is 0 Å². The van der Waals surface area contributed by atoms with Crippen LogP contribution in [0.1, 0.15) is 0 Å². The van der Waals surface area contributed by atoms with Crippen molar-refractivity contribution < 1.29 is 40.1 Å². The van der Waals surface area contributed by atoms with Crippen LogP contribution in [0.5, 0.6) is 0 Å². The molecule has 0 amide bonds. The van der Waals surface area contributed by atoms with Crippen LogP contribution in [0.3, 0.4) is 0 Å². The van der Waals surface area contributed by atoms with Crippen LogP contribution >= 0.6 is 0 Å². The SMILES string of the molecule is O=C(OO)C(O)C(O)C(=O)OO. The Labute approximate surface area is 65.4 Å². The molecule has 0 heterocycles. The minimum Gasteiger partial charge on any atom is -0.378 e. The lowest BCUT2D eigenvalue weighted by molar-refractivity contribution is -0.258. The van der Waals surface area contributed by atoms with Gasteiger partial charge in [-0.15, -0.1) is 0 Å². The normalized spacial score (nSPS) is 14.7. The Morgan fingerprint density at radius 2 is 1.17 bits per heavy atom. The Morgan fingerprint density at radius 1 is 0.917 bits per heavy atom. The number of carbonyl (C=O) groups is 2. The molecule has 0 rings (SSSR count). The topological polar surface area (TPSA) is 134 Å². The summed E-state index contributed by atoms with van der Waals surface area (Å²) in [4.78, 5) is 26.4. The molecule has 0 aromatic carbocycles. The van der Waals surface area contributed by atoms with Crippen LogP contribution < -0.4 is 0 Å². The summed E-state index contributed by atoms with van der Waals surface area (Å²) in [5, 5.41) is 32.5. The van der Waals surface area contributed by atoms with Gasteiger partial charge in [-0.2, -0.15) is 10.5 Å². The molecule has 8 nitrogen and oxygen atoms in total. The largest absolute Gasteiger partial charge is 0.378 e. The van der Waals surface area contributed by atoms with Gasteiger partial charge in [-0.1, -0.05) is 0 Å². The van der Waals surface area contributed by atoms with Crippen LogP contribution in [-0.2, 0) is 19.4 Å². The van der Waals surface area contributed by atoms with Crippen LogP contribution in [0, 0.1) is 0 Å². The summed E-state index contributed by atoms with van der Waals surface area (Å²) in [6, 6.07) is 0. The third-order valence-corrected chi connectivity index (χ3v) is 0.962. The van der Waals surface area contributed by atoms with E-state index in [0.29, 0.717) is 0 Å². The lowest BCUT2D eigenvalue weighted by atomic mass is 10.2.